The number of nitrogens with one attached hydrogen (secondary N) is 2. The second-order valence-electron chi connectivity index (χ2n) is 4.57. The second-order valence-corrected chi connectivity index (χ2v) is 4.57. The van der Waals surface area contributed by atoms with Gasteiger partial charge >= 0.3 is 0 Å². The van der Waals surface area contributed by atoms with Crippen LogP contribution in [-0.2, 0) is 0 Å². The second kappa shape index (κ2) is 4.43. The van der Waals surface area contributed by atoms with Crippen molar-refractivity contribution in [2.24, 2.45) is 5.92 Å². The van der Waals surface area contributed by atoms with E-state index >= 15 is 0 Å². The van der Waals surface area contributed by atoms with Crippen LogP contribution in [0.1, 0.15) is 39.0 Å². The van der Waals surface area contributed by atoms with Crippen molar-refractivity contribution < 1.29 is 0 Å². The van der Waals surface area contributed by atoms with Crippen LogP contribution in [0, 0.1) is 5.92 Å². The molecule has 3 unspecified atom stereocenters. The fraction of sp³-hybridized carbons (Fsp3) is 1.00. The molecule has 2 rings (SSSR count). The molecule has 1 aliphatic carbocycles. The minimum atomic E-state index is 0.756. The lowest BCUT2D eigenvalue weighted by Crippen LogP contribution is -2.42. The van der Waals surface area contributed by atoms with E-state index in [2.05, 4.69) is 17.6 Å². The van der Waals surface area contributed by atoms with Gasteiger partial charge in [-0.2, -0.15) is 0 Å². The monoisotopic (exact) mass is 182 g/mol. The van der Waals surface area contributed by atoms with Crippen molar-refractivity contribution in [3.63, 3.8) is 0 Å². The molecule has 1 saturated carbocycles. The molecule has 3 atom stereocenters. The van der Waals surface area contributed by atoms with Gasteiger partial charge in [0.05, 0.1) is 0 Å². The molecule has 2 fully saturated rings. The molecular weight excluding hydrogens is 160 g/mol. The van der Waals surface area contributed by atoms with Gasteiger partial charge in [-0.15, -0.1) is 0 Å². The largest absolute Gasteiger partial charge is 0.313 e. The van der Waals surface area contributed by atoms with Crippen LogP contribution < -0.4 is 10.6 Å². The van der Waals surface area contributed by atoms with Gasteiger partial charge in [0.15, 0.2) is 0 Å². The summed E-state index contributed by atoms with van der Waals surface area (Å²) in [4.78, 5) is 0. The first-order valence-electron chi connectivity index (χ1n) is 5.87. The van der Waals surface area contributed by atoms with Gasteiger partial charge in [-0.3, -0.25) is 0 Å². The Morgan fingerprint density at radius 1 is 1.38 bits per heavy atom. The summed E-state index contributed by atoms with van der Waals surface area (Å²) in [6.07, 6.45) is 6.94. The number of hydrogen-bond donors (Lipinski definition) is 2. The minimum Gasteiger partial charge on any atom is -0.313 e. The van der Waals surface area contributed by atoms with Gasteiger partial charge in [0.2, 0.25) is 0 Å². The molecular formula is C11H22N2. The first-order chi connectivity index (χ1) is 6.40. The first-order valence-corrected chi connectivity index (χ1v) is 5.87. The lowest BCUT2D eigenvalue weighted by atomic mass is 10.1. The van der Waals surface area contributed by atoms with Crippen LogP contribution in [0.15, 0.2) is 0 Å². The Morgan fingerprint density at radius 3 is 2.92 bits per heavy atom. The Kier molecular flexibility index (Phi) is 3.23. The van der Waals surface area contributed by atoms with Gasteiger partial charge in [-0.1, -0.05) is 19.8 Å². The molecule has 0 aromatic carbocycles. The van der Waals surface area contributed by atoms with E-state index in [-0.39, 0.29) is 0 Å². The van der Waals surface area contributed by atoms with E-state index in [1.54, 1.807) is 0 Å². The highest BCUT2D eigenvalue weighted by Crippen LogP contribution is 2.32. The zero-order chi connectivity index (χ0) is 9.10. The van der Waals surface area contributed by atoms with Crippen molar-refractivity contribution in [3.8, 4) is 0 Å². The van der Waals surface area contributed by atoms with Crippen LogP contribution in [0.2, 0.25) is 0 Å². The lowest BCUT2D eigenvalue weighted by Gasteiger charge is -2.23. The van der Waals surface area contributed by atoms with Gasteiger partial charge in [-0.05, 0) is 31.7 Å². The van der Waals surface area contributed by atoms with E-state index < -0.39 is 0 Å². The van der Waals surface area contributed by atoms with E-state index in [0.29, 0.717) is 0 Å². The van der Waals surface area contributed by atoms with Gasteiger partial charge in [0.25, 0.3) is 0 Å². The maximum Gasteiger partial charge on any atom is 0.0192 e. The van der Waals surface area contributed by atoms with Crippen LogP contribution >= 0.6 is 0 Å². The predicted octanol–water partition coefficient (Wildman–Crippen LogP) is 1.52. The Bertz CT molecular complexity index is 152. The fourth-order valence-electron chi connectivity index (χ4n) is 2.34. The highest BCUT2D eigenvalue weighted by atomic mass is 15.0. The topological polar surface area (TPSA) is 24.1 Å². The molecule has 0 aromatic heterocycles. The summed E-state index contributed by atoms with van der Waals surface area (Å²) in [6.45, 7) is 4.72. The molecule has 1 aliphatic heterocycles. The Hall–Kier alpha value is -0.0800. The molecule has 2 heteroatoms. The molecule has 0 aromatic rings. The summed E-state index contributed by atoms with van der Waals surface area (Å²) in [5.41, 5.74) is 0. The average molecular weight is 182 g/mol. The van der Waals surface area contributed by atoms with E-state index in [4.69, 9.17) is 0 Å². The minimum absolute atomic E-state index is 0.756. The van der Waals surface area contributed by atoms with Crippen LogP contribution in [-0.4, -0.2) is 25.2 Å². The van der Waals surface area contributed by atoms with Crippen LogP contribution in [0.5, 0.6) is 0 Å². The summed E-state index contributed by atoms with van der Waals surface area (Å²) in [6, 6.07) is 1.61. The smallest absolute Gasteiger partial charge is 0.0192 e. The third-order valence-electron chi connectivity index (χ3n) is 3.49. The quantitative estimate of drug-likeness (QED) is 0.689. The maximum atomic E-state index is 3.66. The molecule has 2 nitrogen and oxygen atoms in total. The van der Waals surface area contributed by atoms with E-state index in [9.17, 15) is 0 Å². The van der Waals surface area contributed by atoms with Gasteiger partial charge in [0, 0.05) is 18.6 Å². The maximum absolute atomic E-state index is 3.66. The predicted molar refractivity (Wildman–Crippen MR) is 55.8 cm³/mol. The summed E-state index contributed by atoms with van der Waals surface area (Å²) in [5.74, 6) is 0.989. The number of rotatable bonds is 4. The van der Waals surface area contributed by atoms with Crippen LogP contribution in [0.25, 0.3) is 0 Å². The molecule has 2 N–H and O–H groups in total. The summed E-state index contributed by atoms with van der Waals surface area (Å²) in [5, 5.41) is 7.24. The third-order valence-corrected chi connectivity index (χ3v) is 3.49. The average Bonchev–Trinajstić information content (AvgIpc) is 2.95. The van der Waals surface area contributed by atoms with Gasteiger partial charge in [-0.25, -0.2) is 0 Å². The highest BCUT2D eigenvalue weighted by molar-refractivity contribution is 4.93. The summed E-state index contributed by atoms with van der Waals surface area (Å²) < 4.78 is 0. The standard InChI is InChI=1S/C11H22N2/c1-2-9-7-11(9)13-8-10-5-3-4-6-12-10/h9-13H,2-8H2,1H3. The molecule has 2 aliphatic rings. The Labute approximate surface area is 81.5 Å². The highest BCUT2D eigenvalue weighted by Gasteiger charge is 2.34. The third kappa shape index (κ3) is 2.68. The Balaban J connectivity index is 1.57. The van der Waals surface area contributed by atoms with E-state index in [1.807, 2.05) is 0 Å². The molecule has 13 heavy (non-hydrogen) atoms. The SMILES string of the molecule is CCC1CC1NCC1CCCCN1. The first kappa shape index (κ1) is 9.47. The molecule has 0 spiro atoms. The van der Waals surface area contributed by atoms with Crippen molar-refractivity contribution >= 4 is 0 Å². The molecule has 1 heterocycles. The number of piperidine rings is 1. The van der Waals surface area contributed by atoms with Crippen molar-refractivity contribution in [2.75, 3.05) is 13.1 Å². The molecule has 76 valence electrons. The van der Waals surface area contributed by atoms with Gasteiger partial charge < -0.3 is 10.6 Å². The summed E-state index contributed by atoms with van der Waals surface area (Å²) in [7, 11) is 0. The molecule has 0 radical (unpaired) electrons. The normalized spacial score (nSPS) is 39.0. The molecule has 1 saturated heterocycles. The summed E-state index contributed by atoms with van der Waals surface area (Å²) >= 11 is 0. The molecule has 0 amide bonds. The van der Waals surface area contributed by atoms with Crippen molar-refractivity contribution in [2.45, 2.75) is 51.1 Å². The van der Waals surface area contributed by atoms with Crippen molar-refractivity contribution in [1.82, 2.24) is 10.6 Å². The fourth-order valence-corrected chi connectivity index (χ4v) is 2.34. The van der Waals surface area contributed by atoms with Crippen molar-refractivity contribution in [3.05, 3.63) is 0 Å². The number of hydrogen-bond acceptors (Lipinski definition) is 2. The van der Waals surface area contributed by atoms with Crippen molar-refractivity contribution in [1.29, 1.82) is 0 Å². The van der Waals surface area contributed by atoms with E-state index in [0.717, 1.165) is 18.0 Å². The Morgan fingerprint density at radius 2 is 2.31 bits per heavy atom. The van der Waals surface area contributed by atoms with E-state index in [1.165, 1.54) is 45.2 Å². The zero-order valence-electron chi connectivity index (χ0n) is 8.68. The van der Waals surface area contributed by atoms with Crippen LogP contribution in [0.3, 0.4) is 0 Å². The zero-order valence-corrected chi connectivity index (χ0v) is 8.68. The molecule has 0 bridgehead atoms. The van der Waals surface area contributed by atoms with Gasteiger partial charge in [0.1, 0.15) is 0 Å². The van der Waals surface area contributed by atoms with Crippen LogP contribution in [0.4, 0.5) is 0 Å². The lowest BCUT2D eigenvalue weighted by molar-refractivity contribution is 0.380.